The van der Waals surface area contributed by atoms with Crippen molar-refractivity contribution in [2.24, 2.45) is 5.92 Å². The molecule has 0 spiro atoms. The van der Waals surface area contributed by atoms with Gasteiger partial charge in [0.1, 0.15) is 5.82 Å². The van der Waals surface area contributed by atoms with Crippen molar-refractivity contribution >= 4 is 29.1 Å². The van der Waals surface area contributed by atoms with Crippen molar-refractivity contribution in [2.75, 3.05) is 11.9 Å². The molecule has 0 aromatic heterocycles. The summed E-state index contributed by atoms with van der Waals surface area (Å²) in [6.07, 6.45) is 2.38. The SMILES string of the molecule is O=C(Nc1ccc(F)cc1Cl)C(=O)NC(CCO)C1CC1. The molecule has 1 unspecified atom stereocenters. The maximum absolute atomic E-state index is 12.9. The minimum Gasteiger partial charge on any atom is -0.396 e. The zero-order valence-electron chi connectivity index (χ0n) is 11.2. The molecule has 1 aliphatic carbocycles. The van der Waals surface area contributed by atoms with Crippen molar-refractivity contribution in [1.82, 2.24) is 5.32 Å². The van der Waals surface area contributed by atoms with Crippen LogP contribution in [0.25, 0.3) is 0 Å². The molecule has 1 aromatic rings. The number of hydrogen-bond donors (Lipinski definition) is 3. The van der Waals surface area contributed by atoms with Gasteiger partial charge in [0.15, 0.2) is 0 Å². The van der Waals surface area contributed by atoms with E-state index in [9.17, 15) is 14.0 Å². The van der Waals surface area contributed by atoms with Gasteiger partial charge >= 0.3 is 11.8 Å². The van der Waals surface area contributed by atoms with Gasteiger partial charge in [-0.3, -0.25) is 9.59 Å². The molecule has 0 saturated heterocycles. The summed E-state index contributed by atoms with van der Waals surface area (Å²) >= 11 is 5.77. The number of halogens is 2. The summed E-state index contributed by atoms with van der Waals surface area (Å²) < 4.78 is 12.9. The Hall–Kier alpha value is -1.66. The highest BCUT2D eigenvalue weighted by Gasteiger charge is 2.33. The summed E-state index contributed by atoms with van der Waals surface area (Å²) in [5, 5.41) is 13.9. The first-order valence-electron chi connectivity index (χ1n) is 6.69. The normalized spacial score (nSPS) is 15.4. The fourth-order valence-electron chi connectivity index (χ4n) is 2.07. The Kier molecular flexibility index (Phi) is 5.14. The molecule has 0 bridgehead atoms. The third kappa shape index (κ3) is 4.41. The lowest BCUT2D eigenvalue weighted by atomic mass is 10.1. The standard InChI is InChI=1S/C14H16ClFN2O3/c15-10-7-9(16)3-4-12(10)18-14(21)13(20)17-11(5-6-19)8-1-2-8/h3-4,7-8,11,19H,1-2,5-6H2,(H,17,20)(H,18,21). The van der Waals surface area contributed by atoms with Crippen LogP contribution in [0.15, 0.2) is 18.2 Å². The van der Waals surface area contributed by atoms with E-state index < -0.39 is 17.6 Å². The van der Waals surface area contributed by atoms with Gasteiger partial charge in [0, 0.05) is 12.6 Å². The Morgan fingerprint density at radius 1 is 1.38 bits per heavy atom. The van der Waals surface area contributed by atoms with Gasteiger partial charge in [-0.1, -0.05) is 11.6 Å². The quantitative estimate of drug-likeness (QED) is 0.724. The van der Waals surface area contributed by atoms with Crippen LogP contribution in [0.2, 0.25) is 5.02 Å². The molecule has 1 fully saturated rings. The van der Waals surface area contributed by atoms with Gasteiger partial charge in [-0.05, 0) is 43.4 Å². The highest BCUT2D eigenvalue weighted by Crippen LogP contribution is 2.33. The number of anilines is 1. The van der Waals surface area contributed by atoms with E-state index in [1.165, 1.54) is 6.07 Å². The maximum Gasteiger partial charge on any atom is 0.313 e. The molecule has 5 nitrogen and oxygen atoms in total. The Morgan fingerprint density at radius 3 is 2.67 bits per heavy atom. The van der Waals surface area contributed by atoms with Crippen LogP contribution in [0, 0.1) is 11.7 Å². The Bertz CT molecular complexity index is 549. The number of rotatable bonds is 5. The fraction of sp³-hybridized carbons (Fsp3) is 0.429. The molecule has 1 atom stereocenters. The summed E-state index contributed by atoms with van der Waals surface area (Å²) in [4.78, 5) is 23.6. The average molecular weight is 315 g/mol. The number of hydrogen-bond acceptors (Lipinski definition) is 3. The lowest BCUT2D eigenvalue weighted by Crippen LogP contribution is -2.43. The van der Waals surface area contributed by atoms with Crippen LogP contribution in [0.5, 0.6) is 0 Å². The molecule has 2 amide bonds. The van der Waals surface area contributed by atoms with Crippen LogP contribution in [0.3, 0.4) is 0 Å². The molecule has 1 aliphatic rings. The van der Waals surface area contributed by atoms with E-state index in [-0.39, 0.29) is 23.4 Å². The molecule has 1 saturated carbocycles. The van der Waals surface area contributed by atoms with Crippen molar-refractivity contribution in [1.29, 1.82) is 0 Å². The van der Waals surface area contributed by atoms with Gasteiger partial charge in [0.25, 0.3) is 0 Å². The second-order valence-electron chi connectivity index (χ2n) is 5.01. The molecule has 0 heterocycles. The zero-order chi connectivity index (χ0) is 15.4. The van der Waals surface area contributed by atoms with Crippen LogP contribution in [-0.2, 0) is 9.59 Å². The summed E-state index contributed by atoms with van der Waals surface area (Å²) in [5.74, 6) is -1.87. The van der Waals surface area contributed by atoms with Crippen molar-refractivity contribution in [3.63, 3.8) is 0 Å². The molecule has 2 rings (SSSR count). The molecule has 21 heavy (non-hydrogen) atoms. The molecule has 7 heteroatoms. The zero-order valence-corrected chi connectivity index (χ0v) is 12.0. The number of benzene rings is 1. The van der Waals surface area contributed by atoms with Crippen LogP contribution in [-0.4, -0.2) is 29.6 Å². The highest BCUT2D eigenvalue weighted by molar-refractivity contribution is 6.41. The molecule has 1 aromatic carbocycles. The summed E-state index contributed by atoms with van der Waals surface area (Å²) in [5.41, 5.74) is 0.170. The first-order chi connectivity index (χ1) is 10.0. The Morgan fingerprint density at radius 2 is 2.10 bits per heavy atom. The van der Waals surface area contributed by atoms with Crippen LogP contribution in [0.1, 0.15) is 19.3 Å². The number of amides is 2. The first kappa shape index (κ1) is 15.7. The number of aliphatic hydroxyl groups is 1. The molecular formula is C14H16ClFN2O3. The van der Waals surface area contributed by atoms with Crippen LogP contribution < -0.4 is 10.6 Å². The van der Waals surface area contributed by atoms with Gasteiger partial charge < -0.3 is 15.7 Å². The van der Waals surface area contributed by atoms with Gasteiger partial charge in [-0.15, -0.1) is 0 Å². The minimum atomic E-state index is -0.868. The lowest BCUT2D eigenvalue weighted by Gasteiger charge is -2.16. The fourth-order valence-corrected chi connectivity index (χ4v) is 2.28. The van der Waals surface area contributed by atoms with E-state index in [0.29, 0.717) is 12.3 Å². The summed E-state index contributed by atoms with van der Waals surface area (Å²) in [6.45, 7) is -0.0488. The maximum atomic E-state index is 12.9. The monoisotopic (exact) mass is 314 g/mol. The van der Waals surface area contributed by atoms with Gasteiger partial charge in [0.05, 0.1) is 10.7 Å². The Balaban J connectivity index is 1.94. The second kappa shape index (κ2) is 6.87. The summed E-state index contributed by atoms with van der Waals surface area (Å²) in [6, 6.07) is 3.28. The van der Waals surface area contributed by atoms with Crippen molar-refractivity contribution < 1.29 is 19.1 Å². The van der Waals surface area contributed by atoms with Crippen molar-refractivity contribution in [3.8, 4) is 0 Å². The molecule has 0 radical (unpaired) electrons. The second-order valence-corrected chi connectivity index (χ2v) is 5.42. The van der Waals surface area contributed by atoms with Crippen molar-refractivity contribution in [2.45, 2.75) is 25.3 Å². The van der Waals surface area contributed by atoms with E-state index in [4.69, 9.17) is 16.7 Å². The van der Waals surface area contributed by atoms with Crippen LogP contribution >= 0.6 is 11.6 Å². The highest BCUT2D eigenvalue weighted by atomic mass is 35.5. The molecule has 0 aliphatic heterocycles. The van der Waals surface area contributed by atoms with Crippen LogP contribution in [0.4, 0.5) is 10.1 Å². The first-order valence-corrected chi connectivity index (χ1v) is 7.07. The minimum absolute atomic E-state index is 0.0188. The smallest absolute Gasteiger partial charge is 0.313 e. The van der Waals surface area contributed by atoms with E-state index in [1.54, 1.807) is 0 Å². The third-order valence-corrected chi connectivity index (χ3v) is 3.65. The largest absolute Gasteiger partial charge is 0.396 e. The number of carbonyl (C=O) groups excluding carboxylic acids is 2. The van der Waals surface area contributed by atoms with Gasteiger partial charge in [-0.2, -0.15) is 0 Å². The number of aliphatic hydroxyl groups excluding tert-OH is 1. The van der Waals surface area contributed by atoms with E-state index in [2.05, 4.69) is 10.6 Å². The lowest BCUT2D eigenvalue weighted by molar-refractivity contribution is -0.136. The number of carbonyl (C=O) groups is 2. The molecular weight excluding hydrogens is 299 g/mol. The number of nitrogens with one attached hydrogen (secondary N) is 2. The van der Waals surface area contributed by atoms with Crippen molar-refractivity contribution in [3.05, 3.63) is 29.0 Å². The van der Waals surface area contributed by atoms with E-state index >= 15 is 0 Å². The van der Waals surface area contributed by atoms with E-state index in [1.807, 2.05) is 0 Å². The van der Waals surface area contributed by atoms with Gasteiger partial charge in [-0.25, -0.2) is 4.39 Å². The molecule has 114 valence electrons. The molecule has 3 N–H and O–H groups in total. The topological polar surface area (TPSA) is 78.4 Å². The summed E-state index contributed by atoms with van der Waals surface area (Å²) in [7, 11) is 0. The Labute approximate surface area is 126 Å². The van der Waals surface area contributed by atoms with Gasteiger partial charge in [0.2, 0.25) is 0 Å². The third-order valence-electron chi connectivity index (χ3n) is 3.33. The van der Waals surface area contributed by atoms with E-state index in [0.717, 1.165) is 25.0 Å². The predicted molar refractivity (Wildman–Crippen MR) is 76.4 cm³/mol. The predicted octanol–water partition coefficient (Wildman–Crippen LogP) is 1.69. The average Bonchev–Trinajstić information content (AvgIpc) is 3.25.